The van der Waals surface area contributed by atoms with Crippen LogP contribution in [-0.2, 0) is 6.42 Å². The van der Waals surface area contributed by atoms with Crippen LogP contribution in [0.5, 0.6) is 5.75 Å². The number of H-pyrrole nitrogens is 2. The van der Waals surface area contributed by atoms with Gasteiger partial charge in [-0.15, -0.1) is 0 Å². The Balaban J connectivity index is 1.43. The van der Waals surface area contributed by atoms with E-state index in [0.717, 1.165) is 58.0 Å². The normalized spacial score (nSPS) is 12.4. The van der Waals surface area contributed by atoms with Crippen molar-refractivity contribution in [3.63, 3.8) is 0 Å². The monoisotopic (exact) mass is 481 g/mol. The molecule has 2 heterocycles. The highest BCUT2D eigenvalue weighted by molar-refractivity contribution is 5.97. The van der Waals surface area contributed by atoms with Crippen LogP contribution in [0.2, 0.25) is 0 Å². The van der Waals surface area contributed by atoms with Gasteiger partial charge >= 0.3 is 0 Å². The number of aromatic amines is 2. The first-order valence-corrected chi connectivity index (χ1v) is 12.1. The number of aromatic nitrogens is 4. The van der Waals surface area contributed by atoms with Crippen molar-refractivity contribution in [3.8, 4) is 5.75 Å². The Hall–Kier alpha value is -4.17. The van der Waals surface area contributed by atoms with Gasteiger partial charge in [-0.1, -0.05) is 24.3 Å². The summed E-state index contributed by atoms with van der Waals surface area (Å²) in [7, 11) is 4.13. The summed E-state index contributed by atoms with van der Waals surface area (Å²) in [5.74, 6) is 2.46. The van der Waals surface area contributed by atoms with Gasteiger partial charge in [0.2, 0.25) is 0 Å². The molecule has 3 aromatic carbocycles. The summed E-state index contributed by atoms with van der Waals surface area (Å²) in [6.07, 6.45) is 1.69. The standard InChI is InChI=1S/C28H31N7O/c1-35(2)14-5-15-36-20-11-8-18(9-12-20)16-21(27-31-22-6-3-4-7-23(22)32-27)28-33-24-13-10-19(26(29)30)17-25(24)34-28/h3-4,6-13,17,21H,5,14-16H2,1-2H3,(H3,29,30)(H,31,32)(H,33,34). The van der Waals surface area contributed by atoms with E-state index in [1.165, 1.54) is 0 Å². The molecule has 0 saturated heterocycles. The lowest BCUT2D eigenvalue weighted by Crippen LogP contribution is -2.15. The first-order chi connectivity index (χ1) is 17.5. The number of imidazole rings is 2. The van der Waals surface area contributed by atoms with Crippen LogP contribution in [0, 0.1) is 5.41 Å². The van der Waals surface area contributed by atoms with E-state index in [2.05, 4.69) is 41.1 Å². The summed E-state index contributed by atoms with van der Waals surface area (Å²) in [6.45, 7) is 1.70. The average molecular weight is 482 g/mol. The van der Waals surface area contributed by atoms with Gasteiger partial charge in [0.15, 0.2) is 0 Å². The van der Waals surface area contributed by atoms with Gasteiger partial charge in [0.25, 0.3) is 0 Å². The number of nitrogens with two attached hydrogens (primary N) is 1. The summed E-state index contributed by atoms with van der Waals surface area (Å²) < 4.78 is 5.90. The van der Waals surface area contributed by atoms with Gasteiger partial charge in [-0.3, -0.25) is 5.41 Å². The molecule has 0 aliphatic heterocycles. The molecule has 5 N–H and O–H groups in total. The van der Waals surface area contributed by atoms with Gasteiger partial charge in [0.05, 0.1) is 34.6 Å². The third-order valence-electron chi connectivity index (χ3n) is 6.26. The second-order valence-corrected chi connectivity index (χ2v) is 9.31. The fourth-order valence-corrected chi connectivity index (χ4v) is 4.35. The van der Waals surface area contributed by atoms with Gasteiger partial charge in [-0.2, -0.15) is 0 Å². The SMILES string of the molecule is CN(C)CCCOc1ccc(CC(c2nc3ccccc3[nH]2)c2nc3ccc(C(=N)N)cc3[nH]2)cc1. The number of benzene rings is 3. The lowest BCUT2D eigenvalue weighted by atomic mass is 9.98. The molecule has 5 rings (SSSR count). The number of amidine groups is 1. The van der Waals surface area contributed by atoms with E-state index in [4.69, 9.17) is 25.8 Å². The molecule has 8 nitrogen and oxygen atoms in total. The minimum Gasteiger partial charge on any atom is -0.494 e. The van der Waals surface area contributed by atoms with Crippen LogP contribution < -0.4 is 10.5 Å². The number of fused-ring (bicyclic) bond motifs is 2. The zero-order chi connectivity index (χ0) is 25.1. The lowest BCUT2D eigenvalue weighted by Gasteiger charge is -2.14. The Morgan fingerprint density at radius 2 is 1.64 bits per heavy atom. The summed E-state index contributed by atoms with van der Waals surface area (Å²) in [4.78, 5) is 18.9. The number of hydrogen-bond acceptors (Lipinski definition) is 5. The Bertz CT molecular complexity index is 1450. The molecule has 0 aliphatic carbocycles. The molecule has 0 saturated carbocycles. The van der Waals surface area contributed by atoms with E-state index in [9.17, 15) is 0 Å². The number of nitrogens with one attached hydrogen (secondary N) is 3. The number of nitrogen functional groups attached to an aromatic ring is 1. The lowest BCUT2D eigenvalue weighted by molar-refractivity contribution is 0.281. The molecule has 0 spiro atoms. The van der Waals surface area contributed by atoms with Crippen molar-refractivity contribution in [1.29, 1.82) is 5.41 Å². The highest BCUT2D eigenvalue weighted by Gasteiger charge is 2.23. The maximum absolute atomic E-state index is 7.75. The van der Waals surface area contributed by atoms with Crippen LogP contribution >= 0.6 is 0 Å². The molecule has 1 atom stereocenters. The van der Waals surface area contributed by atoms with Gasteiger partial charge in [-0.05, 0) is 75.0 Å². The highest BCUT2D eigenvalue weighted by Crippen LogP contribution is 2.29. The summed E-state index contributed by atoms with van der Waals surface area (Å²) in [6, 6.07) is 21.9. The summed E-state index contributed by atoms with van der Waals surface area (Å²) in [5.41, 5.74) is 11.1. The van der Waals surface area contributed by atoms with E-state index >= 15 is 0 Å². The minimum absolute atomic E-state index is 0.0332. The maximum Gasteiger partial charge on any atom is 0.122 e. The number of hydrogen-bond donors (Lipinski definition) is 4. The van der Waals surface area contributed by atoms with E-state index < -0.39 is 0 Å². The second kappa shape index (κ2) is 10.2. The maximum atomic E-state index is 7.75. The van der Waals surface area contributed by atoms with Crippen molar-refractivity contribution in [2.24, 2.45) is 5.73 Å². The van der Waals surface area contributed by atoms with Gasteiger partial charge in [0, 0.05) is 12.1 Å². The smallest absolute Gasteiger partial charge is 0.122 e. The number of nitrogens with zero attached hydrogens (tertiary/aromatic N) is 3. The third kappa shape index (κ3) is 5.23. The molecule has 0 amide bonds. The van der Waals surface area contributed by atoms with Gasteiger partial charge in [-0.25, -0.2) is 9.97 Å². The Labute approximate surface area is 210 Å². The second-order valence-electron chi connectivity index (χ2n) is 9.31. The van der Waals surface area contributed by atoms with E-state index in [1.54, 1.807) is 0 Å². The number of para-hydroxylation sites is 2. The van der Waals surface area contributed by atoms with E-state index in [1.807, 2.05) is 54.6 Å². The molecule has 0 bridgehead atoms. The Morgan fingerprint density at radius 1 is 0.944 bits per heavy atom. The molecule has 36 heavy (non-hydrogen) atoms. The van der Waals surface area contributed by atoms with E-state index in [-0.39, 0.29) is 11.8 Å². The Kier molecular flexibility index (Phi) is 6.69. The fourth-order valence-electron chi connectivity index (χ4n) is 4.35. The molecule has 8 heteroatoms. The quantitative estimate of drug-likeness (QED) is 0.134. The average Bonchev–Trinajstić information content (AvgIpc) is 3.49. The van der Waals surface area contributed by atoms with Crippen molar-refractivity contribution in [1.82, 2.24) is 24.8 Å². The zero-order valence-electron chi connectivity index (χ0n) is 20.6. The molecule has 0 radical (unpaired) electrons. The van der Waals surface area contributed by atoms with Crippen LogP contribution in [0.15, 0.2) is 66.7 Å². The fraction of sp³-hybridized carbons (Fsp3) is 0.250. The first-order valence-electron chi connectivity index (χ1n) is 12.1. The molecule has 0 aliphatic rings. The third-order valence-corrected chi connectivity index (χ3v) is 6.26. The van der Waals surface area contributed by atoms with Crippen LogP contribution in [-0.4, -0.2) is 57.9 Å². The van der Waals surface area contributed by atoms with Crippen molar-refractivity contribution in [2.75, 3.05) is 27.2 Å². The predicted molar refractivity (Wildman–Crippen MR) is 144 cm³/mol. The van der Waals surface area contributed by atoms with Crippen molar-refractivity contribution >= 4 is 27.9 Å². The van der Waals surface area contributed by atoms with Gasteiger partial charge < -0.3 is 25.3 Å². The van der Waals surface area contributed by atoms with Crippen LogP contribution in [0.3, 0.4) is 0 Å². The largest absolute Gasteiger partial charge is 0.494 e. The molecule has 0 fully saturated rings. The minimum atomic E-state index is -0.113. The summed E-state index contributed by atoms with van der Waals surface area (Å²) >= 11 is 0. The topological polar surface area (TPSA) is 120 Å². The van der Waals surface area contributed by atoms with E-state index in [0.29, 0.717) is 18.6 Å². The first kappa shape index (κ1) is 23.6. The molecule has 2 aromatic heterocycles. The van der Waals surface area contributed by atoms with Crippen molar-refractivity contribution < 1.29 is 4.74 Å². The van der Waals surface area contributed by atoms with Crippen LogP contribution in [0.1, 0.15) is 35.1 Å². The van der Waals surface area contributed by atoms with Crippen molar-refractivity contribution in [2.45, 2.75) is 18.8 Å². The molecular weight excluding hydrogens is 450 g/mol. The van der Waals surface area contributed by atoms with Crippen molar-refractivity contribution in [3.05, 3.63) is 89.5 Å². The number of rotatable bonds is 10. The molecular formula is C28H31N7O. The number of ether oxygens (including phenoxy) is 1. The molecule has 1 unspecified atom stereocenters. The summed E-state index contributed by atoms with van der Waals surface area (Å²) in [5, 5.41) is 7.75. The highest BCUT2D eigenvalue weighted by atomic mass is 16.5. The van der Waals surface area contributed by atoms with Crippen LogP contribution in [0.25, 0.3) is 22.1 Å². The molecule has 184 valence electrons. The zero-order valence-corrected chi connectivity index (χ0v) is 20.6. The Morgan fingerprint density at radius 3 is 2.33 bits per heavy atom. The van der Waals surface area contributed by atoms with Crippen LogP contribution in [0.4, 0.5) is 0 Å². The van der Waals surface area contributed by atoms with Gasteiger partial charge in [0.1, 0.15) is 23.2 Å². The molecule has 5 aromatic rings. The predicted octanol–water partition coefficient (Wildman–Crippen LogP) is 4.43.